The number of amides is 1. The minimum Gasteiger partial charge on any atom is -0.443 e. The van der Waals surface area contributed by atoms with Gasteiger partial charge in [-0.15, -0.1) is 0 Å². The predicted octanol–water partition coefficient (Wildman–Crippen LogP) is 1.97. The molecule has 1 amide bonds. The van der Waals surface area contributed by atoms with Crippen LogP contribution in [0.5, 0.6) is 0 Å². The van der Waals surface area contributed by atoms with Crippen LogP contribution in [-0.4, -0.2) is 42.2 Å². The van der Waals surface area contributed by atoms with Crippen molar-refractivity contribution in [3.63, 3.8) is 0 Å². The van der Waals surface area contributed by atoms with E-state index in [4.69, 9.17) is 4.74 Å². The first-order valence-corrected chi connectivity index (χ1v) is 6.11. The predicted molar refractivity (Wildman–Crippen MR) is 55.1 cm³/mol. The Kier molecular flexibility index (Phi) is 4.42. The number of thioether (sulfide) groups is 1. The topological polar surface area (TPSA) is 29.5 Å². The minimum absolute atomic E-state index is 0.111. The molecular weight excluding hydrogens is 186 g/mol. The Morgan fingerprint density at radius 1 is 1.69 bits per heavy atom. The van der Waals surface area contributed by atoms with Gasteiger partial charge in [0.05, 0.1) is 6.54 Å². The fourth-order valence-electron chi connectivity index (χ4n) is 1.38. The number of hydrogen-bond donors (Lipinski definition) is 0. The molecule has 1 fully saturated rings. The monoisotopic (exact) mass is 203 g/mol. The zero-order valence-corrected chi connectivity index (χ0v) is 9.10. The average Bonchev–Trinajstić information content (AvgIpc) is 2.44. The Balaban J connectivity index is 2.28. The van der Waals surface area contributed by atoms with Gasteiger partial charge in [-0.2, -0.15) is 11.8 Å². The van der Waals surface area contributed by atoms with Crippen molar-refractivity contribution in [3.8, 4) is 0 Å². The van der Waals surface area contributed by atoms with Gasteiger partial charge in [-0.25, -0.2) is 4.79 Å². The Labute approximate surface area is 83.8 Å². The van der Waals surface area contributed by atoms with Gasteiger partial charge in [0, 0.05) is 12.3 Å². The van der Waals surface area contributed by atoms with E-state index in [-0.39, 0.29) is 12.2 Å². The molecule has 0 aliphatic carbocycles. The summed E-state index contributed by atoms with van der Waals surface area (Å²) in [6, 6.07) is 0. The Morgan fingerprint density at radius 2 is 2.46 bits per heavy atom. The van der Waals surface area contributed by atoms with Gasteiger partial charge in [0.25, 0.3) is 0 Å². The van der Waals surface area contributed by atoms with Crippen molar-refractivity contribution in [2.75, 3.05) is 25.1 Å². The van der Waals surface area contributed by atoms with Gasteiger partial charge in [0.1, 0.15) is 6.10 Å². The van der Waals surface area contributed by atoms with Gasteiger partial charge in [-0.1, -0.05) is 13.3 Å². The summed E-state index contributed by atoms with van der Waals surface area (Å²) in [6.45, 7) is 3.75. The number of carbonyl (C=O) groups excluding carboxylic acids is 1. The van der Waals surface area contributed by atoms with E-state index in [1.54, 1.807) is 11.8 Å². The zero-order valence-electron chi connectivity index (χ0n) is 8.28. The van der Waals surface area contributed by atoms with Crippen LogP contribution in [0.15, 0.2) is 0 Å². The maximum atomic E-state index is 11.3. The molecule has 1 aliphatic rings. The van der Waals surface area contributed by atoms with Crippen molar-refractivity contribution in [2.24, 2.45) is 0 Å². The van der Waals surface area contributed by atoms with Crippen LogP contribution in [0.4, 0.5) is 4.79 Å². The smallest absolute Gasteiger partial charge is 0.410 e. The molecule has 76 valence electrons. The molecule has 1 heterocycles. The van der Waals surface area contributed by atoms with Gasteiger partial charge >= 0.3 is 6.09 Å². The van der Waals surface area contributed by atoms with Crippen molar-refractivity contribution in [3.05, 3.63) is 0 Å². The lowest BCUT2D eigenvalue weighted by molar-refractivity contribution is 0.139. The van der Waals surface area contributed by atoms with Crippen LogP contribution in [0.3, 0.4) is 0 Å². The average molecular weight is 203 g/mol. The van der Waals surface area contributed by atoms with Gasteiger partial charge in [-0.05, 0) is 12.7 Å². The van der Waals surface area contributed by atoms with E-state index in [9.17, 15) is 4.79 Å². The molecule has 0 spiro atoms. The quantitative estimate of drug-likeness (QED) is 0.684. The van der Waals surface area contributed by atoms with Gasteiger partial charge in [0.15, 0.2) is 0 Å². The normalized spacial score (nSPS) is 22.2. The van der Waals surface area contributed by atoms with E-state index in [0.29, 0.717) is 0 Å². The van der Waals surface area contributed by atoms with Crippen molar-refractivity contribution in [1.29, 1.82) is 0 Å². The number of carbonyl (C=O) groups is 1. The SMILES string of the molecule is CCCCN1CC(CSC)OC1=O. The molecule has 1 rings (SSSR count). The first kappa shape index (κ1) is 10.7. The van der Waals surface area contributed by atoms with Crippen molar-refractivity contribution in [1.82, 2.24) is 4.90 Å². The highest BCUT2D eigenvalue weighted by Crippen LogP contribution is 2.14. The lowest BCUT2D eigenvalue weighted by atomic mass is 10.3. The Bertz CT molecular complexity index is 175. The van der Waals surface area contributed by atoms with Gasteiger partial charge in [-0.3, -0.25) is 0 Å². The summed E-state index contributed by atoms with van der Waals surface area (Å²) in [4.78, 5) is 13.1. The fourth-order valence-corrected chi connectivity index (χ4v) is 1.92. The summed E-state index contributed by atoms with van der Waals surface area (Å²) in [5, 5.41) is 0. The molecule has 0 aromatic carbocycles. The summed E-state index contributed by atoms with van der Waals surface area (Å²) in [6.07, 6.45) is 4.20. The Morgan fingerprint density at radius 3 is 3.08 bits per heavy atom. The fraction of sp³-hybridized carbons (Fsp3) is 0.889. The van der Waals surface area contributed by atoms with Crippen LogP contribution in [-0.2, 0) is 4.74 Å². The summed E-state index contributed by atoms with van der Waals surface area (Å²) in [5.41, 5.74) is 0. The second kappa shape index (κ2) is 5.37. The third-order valence-corrected chi connectivity index (χ3v) is 2.79. The molecule has 0 aromatic rings. The zero-order chi connectivity index (χ0) is 9.68. The first-order valence-electron chi connectivity index (χ1n) is 4.72. The number of cyclic esters (lactones) is 1. The highest BCUT2D eigenvalue weighted by atomic mass is 32.2. The van der Waals surface area contributed by atoms with Crippen molar-refractivity contribution < 1.29 is 9.53 Å². The molecule has 1 unspecified atom stereocenters. The number of unbranched alkanes of at least 4 members (excludes halogenated alkanes) is 1. The molecule has 0 N–H and O–H groups in total. The number of hydrogen-bond acceptors (Lipinski definition) is 3. The molecule has 4 heteroatoms. The standard InChI is InChI=1S/C9H17NO2S/c1-3-4-5-10-6-8(7-13-2)12-9(10)11/h8H,3-7H2,1-2H3. The summed E-state index contributed by atoms with van der Waals surface area (Å²) >= 11 is 1.72. The summed E-state index contributed by atoms with van der Waals surface area (Å²) < 4.78 is 5.18. The van der Waals surface area contributed by atoms with E-state index in [1.165, 1.54) is 0 Å². The van der Waals surface area contributed by atoms with E-state index in [1.807, 2.05) is 11.2 Å². The second-order valence-corrected chi connectivity index (χ2v) is 4.17. The molecule has 3 nitrogen and oxygen atoms in total. The summed E-state index contributed by atoms with van der Waals surface area (Å²) in [5.74, 6) is 0.911. The van der Waals surface area contributed by atoms with Crippen LogP contribution >= 0.6 is 11.8 Å². The minimum atomic E-state index is -0.132. The molecule has 0 aromatic heterocycles. The maximum absolute atomic E-state index is 11.3. The molecule has 0 bridgehead atoms. The summed E-state index contributed by atoms with van der Waals surface area (Å²) in [7, 11) is 0. The molecule has 13 heavy (non-hydrogen) atoms. The maximum Gasteiger partial charge on any atom is 0.410 e. The van der Waals surface area contributed by atoms with Crippen LogP contribution in [0.2, 0.25) is 0 Å². The van der Waals surface area contributed by atoms with E-state index in [2.05, 4.69) is 6.92 Å². The van der Waals surface area contributed by atoms with E-state index in [0.717, 1.165) is 31.7 Å². The molecule has 1 atom stereocenters. The van der Waals surface area contributed by atoms with Gasteiger partial charge in [0.2, 0.25) is 0 Å². The largest absolute Gasteiger partial charge is 0.443 e. The van der Waals surface area contributed by atoms with Crippen LogP contribution in [0.1, 0.15) is 19.8 Å². The lowest BCUT2D eigenvalue weighted by Gasteiger charge is -2.10. The highest BCUT2D eigenvalue weighted by molar-refractivity contribution is 7.98. The third kappa shape index (κ3) is 3.10. The molecule has 1 saturated heterocycles. The highest BCUT2D eigenvalue weighted by Gasteiger charge is 2.29. The van der Waals surface area contributed by atoms with E-state index >= 15 is 0 Å². The van der Waals surface area contributed by atoms with Crippen LogP contribution in [0, 0.1) is 0 Å². The number of ether oxygens (including phenoxy) is 1. The van der Waals surface area contributed by atoms with Crippen LogP contribution in [0.25, 0.3) is 0 Å². The Hall–Kier alpha value is -0.380. The van der Waals surface area contributed by atoms with Crippen molar-refractivity contribution >= 4 is 17.9 Å². The second-order valence-electron chi connectivity index (χ2n) is 3.26. The van der Waals surface area contributed by atoms with E-state index < -0.39 is 0 Å². The molecule has 0 saturated carbocycles. The van der Waals surface area contributed by atoms with Crippen LogP contribution < -0.4 is 0 Å². The molecule has 0 radical (unpaired) electrons. The first-order chi connectivity index (χ1) is 6.27. The van der Waals surface area contributed by atoms with Gasteiger partial charge < -0.3 is 9.64 Å². The number of nitrogens with zero attached hydrogens (tertiary/aromatic N) is 1. The number of rotatable bonds is 5. The lowest BCUT2D eigenvalue weighted by Crippen LogP contribution is -2.26. The molecule has 1 aliphatic heterocycles. The third-order valence-electron chi connectivity index (χ3n) is 2.08. The molecular formula is C9H17NO2S. The van der Waals surface area contributed by atoms with Crippen molar-refractivity contribution in [2.45, 2.75) is 25.9 Å².